The van der Waals surface area contributed by atoms with Gasteiger partial charge >= 0.3 is 0 Å². The lowest BCUT2D eigenvalue weighted by molar-refractivity contribution is 0.840. The lowest BCUT2D eigenvalue weighted by atomic mass is 10.2. The highest BCUT2D eigenvalue weighted by molar-refractivity contribution is 7.98. The molecule has 4 aromatic rings. The SMILES string of the molecule is O=c1[nH]c(CSc2nnc(N3CCCC3)n2-c2cccc(Cl)c2)nc2ccc(Cl)cc12. The van der Waals surface area contributed by atoms with Crippen LogP contribution in [0.1, 0.15) is 18.7 Å². The van der Waals surface area contributed by atoms with Gasteiger partial charge in [0.05, 0.1) is 22.3 Å². The average Bonchev–Trinajstić information content (AvgIpc) is 3.42. The number of nitrogens with one attached hydrogen (secondary N) is 1. The number of nitrogens with zero attached hydrogens (tertiary/aromatic N) is 5. The number of anilines is 1. The molecule has 1 fully saturated rings. The van der Waals surface area contributed by atoms with Crippen molar-refractivity contribution in [3.8, 4) is 5.69 Å². The molecule has 1 aliphatic rings. The van der Waals surface area contributed by atoms with Crippen LogP contribution in [0, 0.1) is 0 Å². The summed E-state index contributed by atoms with van der Waals surface area (Å²) in [5, 5.41) is 11.2. The van der Waals surface area contributed by atoms with Gasteiger partial charge in [0, 0.05) is 23.1 Å². The molecule has 0 atom stereocenters. The Morgan fingerprint density at radius 2 is 1.84 bits per heavy atom. The summed E-state index contributed by atoms with van der Waals surface area (Å²) in [4.78, 5) is 22.1. The molecule has 1 N–H and O–H groups in total. The number of hydrogen-bond donors (Lipinski definition) is 1. The Kier molecular flexibility index (Phi) is 5.60. The minimum absolute atomic E-state index is 0.211. The molecular weight excluding hydrogens is 455 g/mol. The number of benzene rings is 2. The second-order valence-corrected chi connectivity index (χ2v) is 9.07. The zero-order chi connectivity index (χ0) is 21.4. The van der Waals surface area contributed by atoms with Crippen molar-refractivity contribution in [3.63, 3.8) is 0 Å². The number of thioether (sulfide) groups is 1. The van der Waals surface area contributed by atoms with E-state index in [1.54, 1.807) is 18.2 Å². The molecule has 5 rings (SSSR count). The molecule has 0 saturated carbocycles. The molecule has 0 aliphatic carbocycles. The summed E-state index contributed by atoms with van der Waals surface area (Å²) in [5.41, 5.74) is 1.30. The van der Waals surface area contributed by atoms with Crippen molar-refractivity contribution < 1.29 is 0 Å². The van der Waals surface area contributed by atoms with Gasteiger partial charge in [0.1, 0.15) is 5.82 Å². The van der Waals surface area contributed by atoms with E-state index in [0.717, 1.165) is 37.6 Å². The molecule has 1 saturated heterocycles. The van der Waals surface area contributed by atoms with Crippen LogP contribution in [0.25, 0.3) is 16.6 Å². The standard InChI is InChI=1S/C21H18Cl2N6OS/c22-13-4-3-5-15(10-13)29-20(28-8-1-2-9-28)26-27-21(29)31-12-18-24-17-7-6-14(23)11-16(17)19(30)25-18/h3-7,10-11H,1-2,8-9,12H2,(H,24,25,30). The van der Waals surface area contributed by atoms with Gasteiger partial charge in [-0.25, -0.2) is 4.98 Å². The monoisotopic (exact) mass is 472 g/mol. The molecule has 3 heterocycles. The number of H-pyrrole nitrogens is 1. The van der Waals surface area contributed by atoms with Crippen LogP contribution in [0.3, 0.4) is 0 Å². The summed E-state index contributed by atoms with van der Waals surface area (Å²) in [6.45, 7) is 1.90. The largest absolute Gasteiger partial charge is 0.341 e. The zero-order valence-electron chi connectivity index (χ0n) is 16.4. The highest BCUT2D eigenvalue weighted by atomic mass is 35.5. The molecule has 31 heavy (non-hydrogen) atoms. The molecular formula is C21H18Cl2N6OS. The van der Waals surface area contributed by atoms with Gasteiger partial charge in [-0.05, 0) is 49.2 Å². The number of rotatable bonds is 5. The molecule has 2 aromatic heterocycles. The first kappa shape index (κ1) is 20.4. The quantitative estimate of drug-likeness (QED) is 0.423. The van der Waals surface area contributed by atoms with Crippen molar-refractivity contribution in [1.82, 2.24) is 24.7 Å². The molecule has 2 aromatic carbocycles. The fraction of sp³-hybridized carbons (Fsp3) is 0.238. The first-order valence-electron chi connectivity index (χ1n) is 9.86. The first-order chi connectivity index (χ1) is 15.1. The Morgan fingerprint density at radius 3 is 2.65 bits per heavy atom. The van der Waals surface area contributed by atoms with Gasteiger partial charge in [0.2, 0.25) is 5.95 Å². The Labute approximate surface area is 192 Å². The topological polar surface area (TPSA) is 79.7 Å². The summed E-state index contributed by atoms with van der Waals surface area (Å²) in [5.74, 6) is 1.80. The van der Waals surface area contributed by atoms with Gasteiger partial charge in [-0.3, -0.25) is 9.36 Å². The lowest BCUT2D eigenvalue weighted by Gasteiger charge is -2.18. The maximum atomic E-state index is 12.4. The van der Waals surface area contributed by atoms with Crippen molar-refractivity contribution in [2.75, 3.05) is 18.0 Å². The third-order valence-electron chi connectivity index (χ3n) is 5.13. The van der Waals surface area contributed by atoms with E-state index in [9.17, 15) is 4.79 Å². The van der Waals surface area contributed by atoms with Gasteiger partial charge in [-0.15, -0.1) is 10.2 Å². The van der Waals surface area contributed by atoms with E-state index in [2.05, 4.69) is 25.1 Å². The highest BCUT2D eigenvalue weighted by Gasteiger charge is 2.22. The number of aromatic amines is 1. The number of halogens is 2. The van der Waals surface area contributed by atoms with Crippen LogP contribution in [-0.4, -0.2) is 37.8 Å². The van der Waals surface area contributed by atoms with Crippen molar-refractivity contribution in [1.29, 1.82) is 0 Å². The average molecular weight is 473 g/mol. The predicted molar refractivity (Wildman–Crippen MR) is 125 cm³/mol. The van der Waals surface area contributed by atoms with Crippen molar-refractivity contribution in [2.45, 2.75) is 23.8 Å². The molecule has 0 bridgehead atoms. The van der Waals surface area contributed by atoms with Crippen molar-refractivity contribution >= 4 is 51.8 Å². The minimum atomic E-state index is -0.211. The Hall–Kier alpha value is -2.55. The summed E-state index contributed by atoms with van der Waals surface area (Å²) in [7, 11) is 0. The van der Waals surface area contributed by atoms with Crippen LogP contribution in [0.4, 0.5) is 5.95 Å². The normalized spacial score (nSPS) is 13.9. The van der Waals surface area contributed by atoms with E-state index in [0.29, 0.717) is 37.7 Å². The summed E-state index contributed by atoms with van der Waals surface area (Å²) in [6.07, 6.45) is 2.27. The smallest absolute Gasteiger partial charge is 0.258 e. The van der Waals surface area contributed by atoms with E-state index in [-0.39, 0.29) is 5.56 Å². The fourth-order valence-corrected chi connectivity index (χ4v) is 4.85. The highest BCUT2D eigenvalue weighted by Crippen LogP contribution is 2.30. The van der Waals surface area contributed by atoms with E-state index in [1.165, 1.54) is 11.8 Å². The van der Waals surface area contributed by atoms with Crippen molar-refractivity contribution in [2.24, 2.45) is 0 Å². The third kappa shape index (κ3) is 4.15. The molecule has 0 spiro atoms. The Morgan fingerprint density at radius 1 is 1.03 bits per heavy atom. The van der Waals surface area contributed by atoms with Crippen molar-refractivity contribution in [3.05, 3.63) is 68.7 Å². The number of hydrogen-bond acceptors (Lipinski definition) is 6. The maximum Gasteiger partial charge on any atom is 0.258 e. The van der Waals surface area contributed by atoms with Crippen LogP contribution in [-0.2, 0) is 5.75 Å². The zero-order valence-corrected chi connectivity index (χ0v) is 18.7. The first-order valence-corrected chi connectivity index (χ1v) is 11.6. The summed E-state index contributed by atoms with van der Waals surface area (Å²) < 4.78 is 2.01. The summed E-state index contributed by atoms with van der Waals surface area (Å²) in [6, 6.07) is 12.7. The molecule has 0 unspecified atom stereocenters. The molecule has 1 aliphatic heterocycles. The second kappa shape index (κ2) is 8.53. The molecule has 7 nitrogen and oxygen atoms in total. The molecule has 0 amide bonds. The maximum absolute atomic E-state index is 12.4. The van der Waals surface area contributed by atoms with Crippen LogP contribution in [0.2, 0.25) is 10.0 Å². The third-order valence-corrected chi connectivity index (χ3v) is 6.54. The Bertz CT molecular complexity index is 1310. The van der Waals surface area contributed by atoms with Gasteiger partial charge in [-0.1, -0.05) is 41.0 Å². The van der Waals surface area contributed by atoms with E-state index < -0.39 is 0 Å². The van der Waals surface area contributed by atoms with E-state index in [1.807, 2.05) is 28.8 Å². The fourth-order valence-electron chi connectivity index (χ4n) is 3.68. The predicted octanol–water partition coefficient (Wildman–Crippen LogP) is 4.70. The van der Waals surface area contributed by atoms with Crippen LogP contribution >= 0.6 is 35.0 Å². The minimum Gasteiger partial charge on any atom is -0.341 e. The van der Waals surface area contributed by atoms with Gasteiger partial charge in [-0.2, -0.15) is 0 Å². The molecule has 10 heteroatoms. The van der Waals surface area contributed by atoms with Crippen LogP contribution in [0.5, 0.6) is 0 Å². The number of aromatic nitrogens is 5. The summed E-state index contributed by atoms with van der Waals surface area (Å²) >= 11 is 13.7. The van der Waals surface area contributed by atoms with Gasteiger partial charge in [0.15, 0.2) is 5.16 Å². The lowest BCUT2D eigenvalue weighted by Crippen LogP contribution is -2.22. The van der Waals surface area contributed by atoms with Crippen LogP contribution < -0.4 is 10.5 Å². The van der Waals surface area contributed by atoms with Gasteiger partial charge < -0.3 is 9.88 Å². The Balaban J connectivity index is 1.49. The van der Waals surface area contributed by atoms with E-state index in [4.69, 9.17) is 23.2 Å². The van der Waals surface area contributed by atoms with E-state index >= 15 is 0 Å². The molecule has 0 radical (unpaired) electrons. The van der Waals surface area contributed by atoms with Crippen LogP contribution in [0.15, 0.2) is 52.4 Å². The second-order valence-electron chi connectivity index (χ2n) is 7.25. The molecule has 158 valence electrons. The number of fused-ring (bicyclic) bond motifs is 1. The van der Waals surface area contributed by atoms with Gasteiger partial charge in [0.25, 0.3) is 5.56 Å².